The molecular weight excluding hydrogens is 1060 g/mol. The first-order valence-corrected chi connectivity index (χ1v) is 27.1. The number of nitrogens with zero attached hydrogens (tertiary/aromatic N) is 8. The zero-order valence-electron chi connectivity index (χ0n) is 48.0. The van der Waals surface area contributed by atoms with Crippen LogP contribution in [0, 0.1) is 6.92 Å². The second-order valence-corrected chi connectivity index (χ2v) is 23.8. The maximum absolute atomic E-state index is 10.6. The summed E-state index contributed by atoms with van der Waals surface area (Å²) in [6.07, 6.45) is 5.16. The van der Waals surface area contributed by atoms with E-state index in [9.17, 15) is 15.3 Å². The maximum atomic E-state index is 10.6. The Labute approximate surface area is 476 Å². The van der Waals surface area contributed by atoms with Crippen molar-refractivity contribution >= 4 is 67.9 Å². The van der Waals surface area contributed by atoms with Gasteiger partial charge in [-0.3, -0.25) is 0 Å². The number of fused-ring (bicyclic) bond motifs is 20. The molecule has 0 saturated heterocycles. The molecule has 6 aromatic rings. The number of thiol groups is 1. The molecule has 1 aliphatic carbocycles. The van der Waals surface area contributed by atoms with Crippen LogP contribution in [0.15, 0.2) is 66.2 Å². The van der Waals surface area contributed by atoms with Gasteiger partial charge in [-0.25, -0.2) is 9.97 Å². The molecule has 1 atom stereocenters. The summed E-state index contributed by atoms with van der Waals surface area (Å²) in [5.41, 5.74) is 3.34. The Bertz CT molecular complexity index is 3360. The van der Waals surface area contributed by atoms with Gasteiger partial charge >= 0.3 is 19.5 Å². The van der Waals surface area contributed by atoms with E-state index in [1.165, 1.54) is 0 Å². The Balaban J connectivity index is 0.000000913. The molecule has 0 spiro atoms. The average molecular weight is 1140 g/mol. The fraction of sp³-hybridized carbons (Fsp3) is 0.500. The summed E-state index contributed by atoms with van der Waals surface area (Å²) in [5.74, 6) is 2.18. The van der Waals surface area contributed by atoms with Gasteiger partial charge in [0.1, 0.15) is 10.7 Å². The summed E-state index contributed by atoms with van der Waals surface area (Å²) in [4.78, 5) is 40.7. The van der Waals surface area contributed by atoms with Crippen LogP contribution in [0.4, 0.5) is 0 Å². The van der Waals surface area contributed by atoms with Gasteiger partial charge in [0.2, 0.25) is 0 Å². The molecule has 5 heterocycles. The van der Waals surface area contributed by atoms with Gasteiger partial charge in [-0.1, -0.05) is 68.5 Å². The van der Waals surface area contributed by atoms with Gasteiger partial charge in [-0.05, 0) is 148 Å². The molecule has 9 rings (SSSR count). The molecule has 78 heavy (non-hydrogen) atoms. The van der Waals surface area contributed by atoms with Gasteiger partial charge in [0.25, 0.3) is 0 Å². The SMILES string of the molecule is CC.CC(C)(O)CCO.Cc1cccc2c3nc4nc(nc5[n-]c(nc6nc(nc([n-]3)c12)-c1cccc(C(C)(C)OCCC(C)(O)S)c1-6)c1cccc(OCCC(C)(C)O)c51)C1=CCCC(C(C)(C)OCCC(C)(C)O)=C14.[Zn+2]. The first-order chi connectivity index (χ1) is 36.0. The predicted octanol–water partition coefficient (Wildman–Crippen LogP) is 10.7. The van der Waals surface area contributed by atoms with Crippen molar-refractivity contribution in [2.75, 3.05) is 26.4 Å². The fourth-order valence-electron chi connectivity index (χ4n) is 9.35. The maximum Gasteiger partial charge on any atom is 2.00 e. The predicted molar refractivity (Wildman–Crippen MR) is 308 cm³/mol. The van der Waals surface area contributed by atoms with Crippen LogP contribution >= 0.6 is 12.6 Å². The number of aliphatic hydroxyl groups excluding tert-OH is 1. The fourth-order valence-corrected chi connectivity index (χ4v) is 9.44. The van der Waals surface area contributed by atoms with Crippen LogP contribution < -0.4 is 14.7 Å². The summed E-state index contributed by atoms with van der Waals surface area (Å²) in [6.45, 7) is 27.0. The van der Waals surface area contributed by atoms with Gasteiger partial charge in [0.05, 0.1) is 71.1 Å². The summed E-state index contributed by atoms with van der Waals surface area (Å²) in [5, 5.41) is 51.6. The van der Waals surface area contributed by atoms with Crippen LogP contribution in [0.3, 0.4) is 0 Å². The number of hydrogen-bond donors (Lipinski definition) is 6. The van der Waals surface area contributed by atoms with E-state index in [1.54, 1.807) is 48.5 Å². The molecule has 0 fully saturated rings. The van der Waals surface area contributed by atoms with Crippen molar-refractivity contribution in [1.29, 1.82) is 0 Å². The summed E-state index contributed by atoms with van der Waals surface area (Å²) in [7, 11) is 0. The smallest absolute Gasteiger partial charge is 0.493 e. The van der Waals surface area contributed by atoms with Crippen molar-refractivity contribution in [3.63, 3.8) is 0 Å². The van der Waals surface area contributed by atoms with Crippen LogP contribution in [0.25, 0.3) is 78.1 Å². The minimum absolute atomic E-state index is 0. The summed E-state index contributed by atoms with van der Waals surface area (Å²) in [6, 6.07) is 17.7. The van der Waals surface area contributed by atoms with Crippen LogP contribution in [-0.4, -0.2) is 109 Å². The molecule has 0 radical (unpaired) electrons. The Hall–Kier alpha value is -5.01. The molecule has 414 valence electrons. The topological polar surface area (TPSA) is 234 Å². The van der Waals surface area contributed by atoms with E-state index in [-0.39, 0.29) is 39.3 Å². The van der Waals surface area contributed by atoms with E-state index in [0.29, 0.717) is 108 Å². The zero-order chi connectivity index (χ0) is 56.5. The third-order valence-corrected chi connectivity index (χ3v) is 13.7. The monoisotopic (exact) mass is 1130 g/mol. The number of aryl methyl sites for hydroxylation is 1. The Kier molecular flexibility index (Phi) is 19.4. The number of rotatable bonds is 16. The van der Waals surface area contributed by atoms with Crippen molar-refractivity contribution < 1.29 is 59.2 Å². The van der Waals surface area contributed by atoms with Crippen molar-refractivity contribution in [3.05, 3.63) is 89.0 Å². The molecule has 1 unspecified atom stereocenters. The largest absolute Gasteiger partial charge is 2.00 e. The molecular formula is C60H78N8O8SZn. The Morgan fingerprint density at radius 3 is 1.72 bits per heavy atom. The van der Waals surface area contributed by atoms with Crippen molar-refractivity contribution in [2.24, 2.45) is 0 Å². The second-order valence-electron chi connectivity index (χ2n) is 22.8. The van der Waals surface area contributed by atoms with Crippen molar-refractivity contribution in [3.8, 4) is 28.5 Å². The number of hydrogen-bond acceptors (Lipinski definition) is 15. The number of benzene rings is 3. The first kappa shape index (κ1) is 62.2. The molecule has 3 aromatic carbocycles. The van der Waals surface area contributed by atoms with Crippen LogP contribution in [-0.2, 0) is 34.6 Å². The average Bonchev–Trinajstić information content (AvgIpc) is 4.09. The standard InChI is InChI=1S/C53H60N8O6S.C5H12O2.C2H6.Zn/c1-29-15-11-16-30-37(29)45-54-41(30)56-46-39-32(18-13-20-34(39)51(6,7)66-27-24-50(4,5)63)43(58-46)60-48-40-33(19-14-22-36(40)65-26-23-49(2,3)62)44(61-48)59-47-38-31(42(55-45)57-47)17-12-21-35(38)52(8,9)67-28-25-53(10,64)68;1-5(2,7)3-4-6;1-2;/h11-12,14-19,21-22,62-64H,13,20,23-28H2,1-10H3,(H-2,54,55,56,57,58,59,60,61,68);6-7H,3-4H2,1-2H3;1-2H3;/q-2;;;+2. The third kappa shape index (κ3) is 14.7. The van der Waals surface area contributed by atoms with E-state index >= 15 is 0 Å². The van der Waals surface area contributed by atoms with E-state index in [1.807, 2.05) is 89.2 Å². The summed E-state index contributed by atoms with van der Waals surface area (Å²) < 4.78 is 19.5. The minimum atomic E-state index is -1.21. The van der Waals surface area contributed by atoms with Crippen LogP contribution in [0.2, 0.25) is 0 Å². The summed E-state index contributed by atoms with van der Waals surface area (Å²) >= 11 is 4.32. The van der Waals surface area contributed by atoms with Gasteiger partial charge in [0.15, 0.2) is 0 Å². The number of ether oxygens (including phenoxy) is 3. The Morgan fingerprint density at radius 1 is 0.577 bits per heavy atom. The number of allylic oxidation sites excluding steroid dienone is 3. The van der Waals surface area contributed by atoms with E-state index in [0.717, 1.165) is 49.7 Å². The van der Waals surface area contributed by atoms with Gasteiger partial charge in [-0.2, -0.15) is 0 Å². The van der Waals surface area contributed by atoms with Gasteiger partial charge in [-0.15, -0.1) is 12.6 Å². The van der Waals surface area contributed by atoms with E-state index in [2.05, 4.69) is 32.6 Å². The normalized spacial score (nSPS) is 14.6. The van der Waals surface area contributed by atoms with E-state index < -0.39 is 32.9 Å². The zero-order valence-corrected chi connectivity index (χ0v) is 51.9. The molecule has 5 N–H and O–H groups in total. The third-order valence-electron chi connectivity index (χ3n) is 13.5. The first-order valence-electron chi connectivity index (χ1n) is 26.7. The number of aliphatic hydroxyl groups is 5. The second kappa shape index (κ2) is 24.4. The molecule has 0 amide bonds. The molecule has 18 heteroatoms. The van der Waals surface area contributed by atoms with Gasteiger partial charge in [0, 0.05) is 69.7 Å². The van der Waals surface area contributed by atoms with Gasteiger partial charge < -0.3 is 69.6 Å². The minimum Gasteiger partial charge on any atom is -0.493 e. The molecule has 3 aliphatic rings. The quantitative estimate of drug-likeness (QED) is 0.0300. The van der Waals surface area contributed by atoms with Crippen molar-refractivity contribution in [1.82, 2.24) is 39.9 Å². The molecule has 3 aromatic heterocycles. The number of aromatic nitrogens is 8. The molecule has 2 aliphatic heterocycles. The van der Waals surface area contributed by atoms with Crippen LogP contribution in [0.5, 0.6) is 5.75 Å². The molecule has 0 saturated carbocycles. The van der Waals surface area contributed by atoms with Crippen LogP contribution in [0.1, 0.15) is 151 Å². The molecule has 16 nitrogen and oxygen atoms in total. The van der Waals surface area contributed by atoms with E-state index in [4.69, 9.17) is 64.3 Å². The van der Waals surface area contributed by atoms with Crippen molar-refractivity contribution in [2.45, 2.75) is 168 Å². The Morgan fingerprint density at radius 2 is 1.10 bits per heavy atom. The molecule has 8 bridgehead atoms.